The zero-order valence-electron chi connectivity index (χ0n) is 12.5. The van der Waals surface area contributed by atoms with E-state index in [0.29, 0.717) is 17.1 Å². The summed E-state index contributed by atoms with van der Waals surface area (Å²) in [5.41, 5.74) is 6.24. The molecule has 5 rings (SSSR count). The monoisotopic (exact) mass is 340 g/mol. The van der Waals surface area contributed by atoms with Crippen LogP contribution in [0.1, 0.15) is 25.1 Å². The van der Waals surface area contributed by atoms with Gasteiger partial charge in [0, 0.05) is 23.5 Å². The number of hydrogen-bond donors (Lipinski definition) is 2. The van der Waals surface area contributed by atoms with Gasteiger partial charge in [0.05, 0.1) is 5.69 Å². The van der Waals surface area contributed by atoms with Gasteiger partial charge in [0.1, 0.15) is 12.4 Å². The molecule has 3 aliphatic carbocycles. The molecular formula is C15H15F3N4O2. The van der Waals surface area contributed by atoms with Crippen LogP contribution in [0, 0.1) is 5.92 Å². The summed E-state index contributed by atoms with van der Waals surface area (Å²) in [6.07, 6.45) is 1.41. The molecule has 0 unspecified atom stereocenters. The highest BCUT2D eigenvalue weighted by molar-refractivity contribution is 5.64. The highest BCUT2D eigenvalue weighted by atomic mass is 19.4. The highest BCUT2D eigenvalue weighted by Crippen LogP contribution is 2.62. The fraction of sp³-hybridized carbons (Fsp3) is 0.467. The van der Waals surface area contributed by atoms with E-state index in [9.17, 15) is 18.3 Å². The Labute approximate surface area is 135 Å². The number of hydrogen-bond acceptors (Lipinski definition) is 5. The summed E-state index contributed by atoms with van der Waals surface area (Å²) in [6.45, 7) is -0.235. The van der Waals surface area contributed by atoms with Crippen LogP contribution >= 0.6 is 0 Å². The summed E-state index contributed by atoms with van der Waals surface area (Å²) >= 11 is 0. The molecule has 0 aliphatic heterocycles. The second kappa shape index (κ2) is 4.85. The first-order chi connectivity index (χ1) is 11.3. The van der Waals surface area contributed by atoms with Crippen molar-refractivity contribution in [3.05, 3.63) is 24.3 Å². The first-order valence-corrected chi connectivity index (χ1v) is 7.51. The van der Waals surface area contributed by atoms with E-state index >= 15 is 0 Å². The summed E-state index contributed by atoms with van der Waals surface area (Å²) in [5.74, 6) is 0.327. The minimum atomic E-state index is -4.85. The second-order valence-electron chi connectivity index (χ2n) is 6.43. The molecule has 0 atom stereocenters. The Bertz CT molecular complexity index is 785. The van der Waals surface area contributed by atoms with E-state index in [1.54, 1.807) is 6.20 Å². The molecule has 0 saturated heterocycles. The number of halogens is 3. The van der Waals surface area contributed by atoms with Crippen LogP contribution in [0.5, 0.6) is 5.75 Å². The molecule has 2 bridgehead atoms. The lowest BCUT2D eigenvalue weighted by Gasteiger charge is -2.62. The normalized spacial score (nSPS) is 25.1. The van der Waals surface area contributed by atoms with Crippen LogP contribution in [0.25, 0.3) is 11.3 Å². The number of nitrogen functional groups attached to an aromatic ring is 1. The minimum Gasteiger partial charge on any atom is -0.402 e. The lowest BCUT2D eigenvalue weighted by molar-refractivity contribution is -0.274. The number of aliphatic hydroxyl groups excluding tert-OH is 1. The molecule has 0 radical (unpaired) electrons. The van der Waals surface area contributed by atoms with Gasteiger partial charge in [-0.15, -0.1) is 13.2 Å². The number of aromatic nitrogens is 3. The van der Waals surface area contributed by atoms with E-state index in [0.717, 1.165) is 31.2 Å². The van der Waals surface area contributed by atoms with Gasteiger partial charge < -0.3 is 20.1 Å². The van der Waals surface area contributed by atoms with E-state index in [1.165, 1.54) is 6.20 Å². The van der Waals surface area contributed by atoms with Crippen molar-refractivity contribution in [2.45, 2.75) is 37.8 Å². The molecule has 3 aliphatic rings. The Morgan fingerprint density at radius 3 is 2.62 bits per heavy atom. The predicted octanol–water partition coefficient (Wildman–Crippen LogP) is 2.43. The molecule has 6 nitrogen and oxygen atoms in total. The molecular weight excluding hydrogens is 325 g/mol. The molecule has 9 heteroatoms. The number of nitrogens with zero attached hydrogens (tertiary/aromatic N) is 3. The summed E-state index contributed by atoms with van der Waals surface area (Å²) in [5, 5.41) is 9.54. The topological polar surface area (TPSA) is 86.2 Å². The van der Waals surface area contributed by atoms with Gasteiger partial charge in [-0.1, -0.05) is 0 Å². The number of imidazole rings is 1. The number of pyridine rings is 1. The quantitative estimate of drug-likeness (QED) is 0.893. The lowest BCUT2D eigenvalue weighted by atomic mass is 9.49. The molecule has 0 aromatic carbocycles. The Hall–Kier alpha value is -2.29. The van der Waals surface area contributed by atoms with Crippen molar-refractivity contribution in [1.82, 2.24) is 14.5 Å². The fourth-order valence-electron chi connectivity index (χ4n) is 3.61. The maximum absolute atomic E-state index is 12.4. The number of rotatable bonds is 4. The Kier molecular flexibility index (Phi) is 3.08. The molecule has 0 spiro atoms. The summed E-state index contributed by atoms with van der Waals surface area (Å²) in [4.78, 5) is 8.09. The Morgan fingerprint density at radius 2 is 2.08 bits per heavy atom. The summed E-state index contributed by atoms with van der Waals surface area (Å²) in [6, 6.07) is 1.16. The van der Waals surface area contributed by atoms with Crippen LogP contribution in [-0.2, 0) is 12.1 Å². The number of nitrogens with two attached hydrogens (primary N) is 1. The van der Waals surface area contributed by atoms with Crippen molar-refractivity contribution < 1.29 is 23.0 Å². The minimum absolute atomic E-state index is 0.0144. The highest BCUT2D eigenvalue weighted by Gasteiger charge is 2.58. The summed E-state index contributed by atoms with van der Waals surface area (Å²) in [7, 11) is 0. The van der Waals surface area contributed by atoms with Crippen LogP contribution in [0.15, 0.2) is 18.5 Å². The molecule has 0 amide bonds. The number of anilines is 1. The van der Waals surface area contributed by atoms with Crippen LogP contribution in [0.3, 0.4) is 0 Å². The van der Waals surface area contributed by atoms with Crippen LogP contribution in [0.4, 0.5) is 19.0 Å². The molecule has 2 aromatic heterocycles. The van der Waals surface area contributed by atoms with E-state index in [-0.39, 0.29) is 18.0 Å². The van der Waals surface area contributed by atoms with E-state index in [1.807, 2.05) is 4.57 Å². The number of aliphatic hydroxyl groups is 1. The van der Waals surface area contributed by atoms with Gasteiger partial charge in [0.2, 0.25) is 0 Å². The van der Waals surface area contributed by atoms with Crippen molar-refractivity contribution in [3.63, 3.8) is 0 Å². The van der Waals surface area contributed by atoms with Gasteiger partial charge in [-0.3, -0.25) is 0 Å². The average Bonchev–Trinajstić information content (AvgIpc) is 2.80. The van der Waals surface area contributed by atoms with E-state index in [4.69, 9.17) is 5.73 Å². The maximum Gasteiger partial charge on any atom is 0.573 e. The molecule has 2 aromatic rings. The third kappa shape index (κ3) is 2.31. The van der Waals surface area contributed by atoms with Crippen LogP contribution < -0.4 is 10.5 Å². The van der Waals surface area contributed by atoms with Crippen molar-refractivity contribution in [3.8, 4) is 17.0 Å². The first kappa shape index (κ1) is 15.3. The lowest BCUT2D eigenvalue weighted by Crippen LogP contribution is -2.59. The molecule has 3 fully saturated rings. The van der Waals surface area contributed by atoms with Crippen LogP contribution in [-0.4, -0.2) is 26.0 Å². The van der Waals surface area contributed by atoms with Gasteiger partial charge in [-0.25, -0.2) is 9.97 Å². The zero-order chi connectivity index (χ0) is 17.1. The SMILES string of the molecule is Nc1ncc(-c2cn(C34CC(C3)C4)c(CO)n2)cc1OC(F)(F)F. The predicted molar refractivity (Wildman–Crippen MR) is 77.8 cm³/mol. The van der Waals surface area contributed by atoms with Gasteiger partial charge >= 0.3 is 6.36 Å². The molecule has 128 valence electrons. The van der Waals surface area contributed by atoms with Crippen molar-refractivity contribution in [2.75, 3.05) is 5.73 Å². The molecule has 2 heterocycles. The maximum atomic E-state index is 12.4. The van der Waals surface area contributed by atoms with Crippen molar-refractivity contribution >= 4 is 5.82 Å². The zero-order valence-corrected chi connectivity index (χ0v) is 12.5. The molecule has 3 saturated carbocycles. The van der Waals surface area contributed by atoms with Crippen LogP contribution in [0.2, 0.25) is 0 Å². The van der Waals surface area contributed by atoms with Gasteiger partial charge in [-0.2, -0.15) is 0 Å². The Morgan fingerprint density at radius 1 is 1.38 bits per heavy atom. The summed E-state index contributed by atoms with van der Waals surface area (Å²) < 4.78 is 43.1. The second-order valence-corrected chi connectivity index (χ2v) is 6.43. The molecule has 3 N–H and O–H groups in total. The Balaban J connectivity index is 1.70. The van der Waals surface area contributed by atoms with Crippen molar-refractivity contribution in [2.24, 2.45) is 5.92 Å². The smallest absolute Gasteiger partial charge is 0.402 e. The van der Waals surface area contributed by atoms with E-state index in [2.05, 4.69) is 14.7 Å². The number of alkyl halides is 3. The van der Waals surface area contributed by atoms with Gasteiger partial charge in [0.15, 0.2) is 11.6 Å². The largest absolute Gasteiger partial charge is 0.573 e. The number of ether oxygens (including phenoxy) is 1. The van der Waals surface area contributed by atoms with Crippen molar-refractivity contribution in [1.29, 1.82) is 0 Å². The van der Waals surface area contributed by atoms with Gasteiger partial charge in [0.25, 0.3) is 0 Å². The standard InChI is InChI=1S/C15H15F3N4O2/c16-15(17,18)24-11-1-9(5-20-13(11)19)10-6-22(12(7-23)21-10)14-2-8(3-14)4-14/h1,5-6,8,23H,2-4,7H2,(H2,19,20). The first-order valence-electron chi connectivity index (χ1n) is 7.51. The average molecular weight is 340 g/mol. The fourth-order valence-corrected chi connectivity index (χ4v) is 3.61. The van der Waals surface area contributed by atoms with Gasteiger partial charge in [-0.05, 0) is 31.2 Å². The third-order valence-corrected chi connectivity index (χ3v) is 4.84. The van der Waals surface area contributed by atoms with E-state index < -0.39 is 12.1 Å². The third-order valence-electron chi connectivity index (χ3n) is 4.84. The molecule has 24 heavy (non-hydrogen) atoms.